The van der Waals surface area contributed by atoms with Crippen LogP contribution in [-0.2, 0) is 14.3 Å². The Morgan fingerprint density at radius 1 is 1.42 bits per heavy atom. The third-order valence-electron chi connectivity index (χ3n) is 1.30. The molecule has 0 unspecified atom stereocenters. The third kappa shape index (κ3) is 7.21. The monoisotopic (exact) mass is 174 g/mol. The van der Waals surface area contributed by atoms with Gasteiger partial charge in [0.15, 0.2) is 0 Å². The van der Waals surface area contributed by atoms with E-state index in [1.807, 2.05) is 0 Å². The molecule has 0 saturated heterocycles. The van der Waals surface area contributed by atoms with Crippen LogP contribution in [0.4, 0.5) is 0 Å². The molecule has 70 valence electrons. The summed E-state index contributed by atoms with van der Waals surface area (Å²) < 4.78 is 4.71. The van der Waals surface area contributed by atoms with Gasteiger partial charge in [0, 0.05) is 6.42 Å². The number of aliphatic hydroxyl groups is 1. The maximum atomic E-state index is 10.6. The molecule has 0 bridgehead atoms. The molecule has 0 aliphatic heterocycles. The number of esters is 1. The summed E-state index contributed by atoms with van der Waals surface area (Å²) in [5.41, 5.74) is 0. The van der Waals surface area contributed by atoms with Gasteiger partial charge in [0.1, 0.15) is 6.29 Å². The first-order valence-corrected chi connectivity index (χ1v) is 4.01. The molecule has 0 fully saturated rings. The second-order valence-corrected chi connectivity index (χ2v) is 2.36. The number of ether oxygens (including phenoxy) is 1. The lowest BCUT2D eigenvalue weighted by Crippen LogP contribution is -2.07. The molecule has 0 aromatic carbocycles. The standard InChI is InChI=1S/C8H14O4/c9-5-2-1-3-7-12-8(11)4-6-10/h5,10H,1-4,6-7H2. The number of hydrogen-bond donors (Lipinski definition) is 1. The minimum absolute atomic E-state index is 0.0493. The zero-order valence-electron chi connectivity index (χ0n) is 6.99. The first-order chi connectivity index (χ1) is 5.81. The van der Waals surface area contributed by atoms with E-state index < -0.39 is 0 Å². The zero-order valence-corrected chi connectivity index (χ0v) is 6.99. The molecule has 4 heteroatoms. The average molecular weight is 174 g/mol. The van der Waals surface area contributed by atoms with Gasteiger partial charge >= 0.3 is 5.97 Å². The van der Waals surface area contributed by atoms with Crippen molar-refractivity contribution in [2.24, 2.45) is 0 Å². The fourth-order valence-electron chi connectivity index (χ4n) is 0.679. The van der Waals surface area contributed by atoms with E-state index in [2.05, 4.69) is 0 Å². The molecule has 0 aromatic heterocycles. The van der Waals surface area contributed by atoms with E-state index >= 15 is 0 Å². The minimum atomic E-state index is -0.386. The van der Waals surface area contributed by atoms with Gasteiger partial charge in [-0.1, -0.05) is 0 Å². The molecule has 0 heterocycles. The van der Waals surface area contributed by atoms with E-state index in [9.17, 15) is 9.59 Å². The maximum Gasteiger partial charge on any atom is 0.308 e. The van der Waals surface area contributed by atoms with Crippen LogP contribution in [-0.4, -0.2) is 30.6 Å². The Balaban J connectivity index is 3.08. The Labute approximate surface area is 71.5 Å². The summed E-state index contributed by atoms with van der Waals surface area (Å²) in [5, 5.41) is 8.33. The Kier molecular flexibility index (Phi) is 7.58. The molecule has 1 N–H and O–H groups in total. The van der Waals surface area contributed by atoms with Gasteiger partial charge in [-0.2, -0.15) is 0 Å². The van der Waals surface area contributed by atoms with E-state index in [0.29, 0.717) is 19.4 Å². The highest BCUT2D eigenvalue weighted by atomic mass is 16.5. The summed E-state index contributed by atoms with van der Waals surface area (Å²) in [4.78, 5) is 20.5. The molecule has 0 rings (SSSR count). The van der Waals surface area contributed by atoms with Crippen LogP contribution in [0.3, 0.4) is 0 Å². The van der Waals surface area contributed by atoms with Crippen LogP contribution in [0.25, 0.3) is 0 Å². The summed E-state index contributed by atoms with van der Waals surface area (Å²) in [6, 6.07) is 0. The summed E-state index contributed by atoms with van der Waals surface area (Å²) in [7, 11) is 0. The van der Waals surface area contributed by atoms with E-state index in [0.717, 1.165) is 12.7 Å². The molecule has 0 aliphatic carbocycles. The van der Waals surface area contributed by atoms with Gasteiger partial charge in [-0.15, -0.1) is 0 Å². The summed E-state index contributed by atoms with van der Waals surface area (Å²) in [6.45, 7) is 0.167. The second kappa shape index (κ2) is 8.20. The van der Waals surface area contributed by atoms with Crippen molar-refractivity contribution >= 4 is 12.3 Å². The number of unbranched alkanes of at least 4 members (excludes halogenated alkanes) is 2. The van der Waals surface area contributed by atoms with E-state index in [-0.39, 0.29) is 19.0 Å². The van der Waals surface area contributed by atoms with Gasteiger partial charge in [-0.05, 0) is 12.8 Å². The van der Waals surface area contributed by atoms with Crippen LogP contribution in [0.2, 0.25) is 0 Å². The van der Waals surface area contributed by atoms with Crippen molar-refractivity contribution in [3.8, 4) is 0 Å². The first-order valence-electron chi connectivity index (χ1n) is 4.01. The third-order valence-corrected chi connectivity index (χ3v) is 1.30. The summed E-state index contributed by atoms with van der Waals surface area (Å²) in [6.07, 6.45) is 2.85. The Bertz CT molecular complexity index is 133. The van der Waals surface area contributed by atoms with Crippen LogP contribution in [0, 0.1) is 0 Å². The molecular weight excluding hydrogens is 160 g/mol. The molecule has 0 saturated carbocycles. The number of carbonyl (C=O) groups is 2. The highest BCUT2D eigenvalue weighted by Crippen LogP contribution is 1.94. The number of hydrogen-bond acceptors (Lipinski definition) is 4. The predicted molar refractivity (Wildman–Crippen MR) is 42.6 cm³/mol. The molecule has 0 radical (unpaired) electrons. The number of aldehydes is 1. The van der Waals surface area contributed by atoms with Crippen LogP contribution in [0.1, 0.15) is 25.7 Å². The Morgan fingerprint density at radius 2 is 2.17 bits per heavy atom. The summed E-state index contributed by atoms with van der Waals surface area (Å²) in [5.74, 6) is -0.386. The van der Waals surface area contributed by atoms with Crippen molar-refractivity contribution in [3.63, 3.8) is 0 Å². The normalized spacial score (nSPS) is 9.42. The average Bonchev–Trinajstić information content (AvgIpc) is 2.05. The predicted octanol–water partition coefficient (Wildman–Crippen LogP) is 0.281. The molecular formula is C8H14O4. The van der Waals surface area contributed by atoms with Crippen molar-refractivity contribution in [1.82, 2.24) is 0 Å². The maximum absolute atomic E-state index is 10.6. The highest BCUT2D eigenvalue weighted by molar-refractivity contribution is 5.69. The van der Waals surface area contributed by atoms with E-state index in [1.54, 1.807) is 0 Å². The molecule has 0 aliphatic rings. The topological polar surface area (TPSA) is 63.6 Å². The van der Waals surface area contributed by atoms with Gasteiger partial charge in [0.2, 0.25) is 0 Å². The van der Waals surface area contributed by atoms with Crippen LogP contribution >= 0.6 is 0 Å². The largest absolute Gasteiger partial charge is 0.466 e. The molecule has 0 spiro atoms. The molecule has 0 amide bonds. The molecule has 4 nitrogen and oxygen atoms in total. The smallest absolute Gasteiger partial charge is 0.308 e. The van der Waals surface area contributed by atoms with Crippen LogP contribution in [0.15, 0.2) is 0 Å². The van der Waals surface area contributed by atoms with Gasteiger partial charge < -0.3 is 14.6 Å². The molecule has 0 aromatic rings. The fourth-order valence-corrected chi connectivity index (χ4v) is 0.679. The fraction of sp³-hybridized carbons (Fsp3) is 0.750. The van der Waals surface area contributed by atoms with Gasteiger partial charge in [-0.25, -0.2) is 0 Å². The molecule has 12 heavy (non-hydrogen) atoms. The lowest BCUT2D eigenvalue weighted by atomic mass is 10.3. The van der Waals surface area contributed by atoms with Crippen molar-refractivity contribution in [2.45, 2.75) is 25.7 Å². The van der Waals surface area contributed by atoms with Crippen LogP contribution < -0.4 is 0 Å². The highest BCUT2D eigenvalue weighted by Gasteiger charge is 1.99. The quantitative estimate of drug-likeness (QED) is 0.342. The lowest BCUT2D eigenvalue weighted by molar-refractivity contribution is -0.144. The van der Waals surface area contributed by atoms with E-state index in [4.69, 9.17) is 9.84 Å². The Morgan fingerprint density at radius 3 is 2.75 bits per heavy atom. The first kappa shape index (κ1) is 11.1. The van der Waals surface area contributed by atoms with E-state index in [1.165, 1.54) is 0 Å². The zero-order chi connectivity index (χ0) is 9.23. The lowest BCUT2D eigenvalue weighted by Gasteiger charge is -2.01. The van der Waals surface area contributed by atoms with Crippen molar-refractivity contribution in [3.05, 3.63) is 0 Å². The van der Waals surface area contributed by atoms with Gasteiger partial charge in [0.05, 0.1) is 19.6 Å². The molecule has 0 atom stereocenters. The summed E-state index contributed by atoms with van der Waals surface area (Å²) >= 11 is 0. The number of rotatable bonds is 7. The van der Waals surface area contributed by atoms with Crippen molar-refractivity contribution in [1.29, 1.82) is 0 Å². The van der Waals surface area contributed by atoms with Crippen LogP contribution in [0.5, 0.6) is 0 Å². The van der Waals surface area contributed by atoms with Crippen molar-refractivity contribution in [2.75, 3.05) is 13.2 Å². The SMILES string of the molecule is O=CCCCCOC(=O)CCO. The van der Waals surface area contributed by atoms with Crippen molar-refractivity contribution < 1.29 is 19.4 Å². The minimum Gasteiger partial charge on any atom is -0.466 e. The second-order valence-electron chi connectivity index (χ2n) is 2.36. The number of carbonyl (C=O) groups excluding carboxylic acids is 2. The van der Waals surface area contributed by atoms with Gasteiger partial charge in [0.25, 0.3) is 0 Å². The Hall–Kier alpha value is -0.900. The van der Waals surface area contributed by atoms with Gasteiger partial charge in [-0.3, -0.25) is 4.79 Å². The number of aliphatic hydroxyl groups excluding tert-OH is 1.